The summed E-state index contributed by atoms with van der Waals surface area (Å²) in [4.78, 5) is 24.1. The lowest BCUT2D eigenvalue weighted by molar-refractivity contribution is -0.118. The van der Waals surface area contributed by atoms with Crippen LogP contribution >= 0.6 is 0 Å². The second-order valence-electron chi connectivity index (χ2n) is 6.28. The van der Waals surface area contributed by atoms with Gasteiger partial charge in [0.1, 0.15) is 5.75 Å². The lowest BCUT2D eigenvalue weighted by Gasteiger charge is -2.13. The van der Waals surface area contributed by atoms with E-state index in [0.29, 0.717) is 23.5 Å². The Bertz CT molecular complexity index is 772. The van der Waals surface area contributed by atoms with Crippen LogP contribution < -0.4 is 15.4 Å². The quantitative estimate of drug-likeness (QED) is 0.736. The molecule has 2 aromatic rings. The van der Waals surface area contributed by atoms with Crippen LogP contribution in [0.1, 0.15) is 37.3 Å². The second-order valence-corrected chi connectivity index (χ2v) is 6.28. The summed E-state index contributed by atoms with van der Waals surface area (Å²) >= 11 is 0. The van der Waals surface area contributed by atoms with E-state index in [2.05, 4.69) is 10.6 Å². The van der Waals surface area contributed by atoms with Crippen molar-refractivity contribution in [2.24, 2.45) is 0 Å². The highest BCUT2D eigenvalue weighted by atomic mass is 16.5. The molecular formula is C21H26N2O3. The third kappa shape index (κ3) is 5.92. The molecule has 26 heavy (non-hydrogen) atoms. The van der Waals surface area contributed by atoms with Crippen LogP contribution in [0.2, 0.25) is 0 Å². The van der Waals surface area contributed by atoms with Crippen molar-refractivity contribution >= 4 is 23.2 Å². The monoisotopic (exact) mass is 354 g/mol. The van der Waals surface area contributed by atoms with Crippen molar-refractivity contribution in [2.75, 3.05) is 17.2 Å². The zero-order chi connectivity index (χ0) is 18.9. The molecule has 0 aliphatic heterocycles. The second kappa shape index (κ2) is 9.61. The van der Waals surface area contributed by atoms with Crippen LogP contribution in [0.3, 0.4) is 0 Å². The smallest absolute Gasteiger partial charge is 0.262 e. The number of amides is 2. The molecule has 0 saturated carbocycles. The molecule has 2 aromatic carbocycles. The van der Waals surface area contributed by atoms with Crippen LogP contribution in [0, 0.1) is 13.8 Å². The number of rotatable bonds is 8. The molecule has 5 nitrogen and oxygen atoms in total. The van der Waals surface area contributed by atoms with E-state index in [1.54, 1.807) is 12.1 Å². The van der Waals surface area contributed by atoms with E-state index in [-0.39, 0.29) is 18.4 Å². The third-order valence-electron chi connectivity index (χ3n) is 4.08. The Morgan fingerprint density at radius 1 is 0.923 bits per heavy atom. The van der Waals surface area contributed by atoms with Crippen LogP contribution in [0.4, 0.5) is 11.4 Å². The van der Waals surface area contributed by atoms with Gasteiger partial charge in [0.25, 0.3) is 5.91 Å². The predicted octanol–water partition coefficient (Wildman–Crippen LogP) is 4.45. The number of hydrogen-bond acceptors (Lipinski definition) is 3. The molecule has 2 N–H and O–H groups in total. The van der Waals surface area contributed by atoms with E-state index in [4.69, 9.17) is 4.74 Å². The SMILES string of the molecule is CCCCC(=O)Nc1ccccc1NC(=O)COc1ccc(C)c(C)c1. The molecule has 0 bridgehead atoms. The first kappa shape index (κ1) is 19.5. The van der Waals surface area contributed by atoms with E-state index in [9.17, 15) is 9.59 Å². The molecule has 0 aliphatic rings. The van der Waals surface area contributed by atoms with E-state index in [1.165, 1.54) is 5.56 Å². The van der Waals surface area contributed by atoms with Gasteiger partial charge in [0, 0.05) is 6.42 Å². The summed E-state index contributed by atoms with van der Waals surface area (Å²) in [6.07, 6.45) is 2.26. The molecule has 2 rings (SSSR count). The Morgan fingerprint density at radius 2 is 1.58 bits per heavy atom. The number of unbranched alkanes of at least 4 members (excludes halogenated alkanes) is 1. The molecule has 0 radical (unpaired) electrons. The van der Waals surface area contributed by atoms with Crippen LogP contribution in [-0.4, -0.2) is 18.4 Å². The van der Waals surface area contributed by atoms with Crippen molar-refractivity contribution in [3.8, 4) is 5.75 Å². The minimum atomic E-state index is -0.279. The molecule has 0 atom stereocenters. The van der Waals surface area contributed by atoms with Crippen LogP contribution in [0.5, 0.6) is 5.75 Å². The molecule has 0 fully saturated rings. The number of anilines is 2. The normalized spacial score (nSPS) is 10.3. The zero-order valence-electron chi connectivity index (χ0n) is 15.6. The lowest BCUT2D eigenvalue weighted by Crippen LogP contribution is -2.21. The van der Waals surface area contributed by atoms with Crippen molar-refractivity contribution in [2.45, 2.75) is 40.0 Å². The van der Waals surface area contributed by atoms with Crippen LogP contribution in [-0.2, 0) is 9.59 Å². The topological polar surface area (TPSA) is 67.4 Å². The van der Waals surface area contributed by atoms with Gasteiger partial charge in [0.2, 0.25) is 5.91 Å². The number of benzene rings is 2. The van der Waals surface area contributed by atoms with Gasteiger partial charge in [-0.2, -0.15) is 0 Å². The van der Waals surface area contributed by atoms with E-state index >= 15 is 0 Å². The summed E-state index contributed by atoms with van der Waals surface area (Å²) in [5, 5.41) is 5.63. The molecule has 2 amide bonds. The fourth-order valence-electron chi connectivity index (χ4n) is 2.39. The van der Waals surface area contributed by atoms with Gasteiger partial charge in [-0.3, -0.25) is 9.59 Å². The first-order chi connectivity index (χ1) is 12.5. The van der Waals surface area contributed by atoms with Gasteiger partial charge in [0.05, 0.1) is 11.4 Å². The summed E-state index contributed by atoms with van der Waals surface area (Å²) in [5.41, 5.74) is 3.44. The van der Waals surface area contributed by atoms with Crippen molar-refractivity contribution < 1.29 is 14.3 Å². The molecule has 0 unspecified atom stereocenters. The fourth-order valence-corrected chi connectivity index (χ4v) is 2.39. The van der Waals surface area contributed by atoms with Gasteiger partial charge in [0.15, 0.2) is 6.61 Å². The summed E-state index contributed by atoms with van der Waals surface area (Å²) in [7, 11) is 0. The first-order valence-electron chi connectivity index (χ1n) is 8.88. The van der Waals surface area contributed by atoms with E-state index in [0.717, 1.165) is 18.4 Å². The number of aryl methyl sites for hydroxylation is 2. The molecule has 0 saturated heterocycles. The summed E-state index contributed by atoms with van der Waals surface area (Å²) in [5.74, 6) is 0.322. The maximum Gasteiger partial charge on any atom is 0.262 e. The standard InChI is InChI=1S/C21H26N2O3/c1-4-5-10-20(24)22-18-8-6-7-9-19(18)23-21(25)14-26-17-12-11-15(2)16(3)13-17/h6-9,11-13H,4-5,10,14H2,1-3H3,(H,22,24)(H,23,25). The Hall–Kier alpha value is -2.82. The van der Waals surface area contributed by atoms with Gasteiger partial charge < -0.3 is 15.4 Å². The number of hydrogen-bond donors (Lipinski definition) is 2. The Kier molecular flexibility index (Phi) is 7.21. The molecule has 138 valence electrons. The van der Waals surface area contributed by atoms with Crippen LogP contribution in [0.15, 0.2) is 42.5 Å². The van der Waals surface area contributed by atoms with Gasteiger partial charge in [-0.05, 0) is 55.7 Å². The fraction of sp³-hybridized carbons (Fsp3) is 0.333. The molecule has 0 heterocycles. The predicted molar refractivity (Wildman–Crippen MR) is 105 cm³/mol. The number of para-hydroxylation sites is 2. The van der Waals surface area contributed by atoms with E-state index in [1.807, 2.05) is 51.1 Å². The zero-order valence-corrected chi connectivity index (χ0v) is 15.6. The average Bonchev–Trinajstić information content (AvgIpc) is 2.62. The first-order valence-corrected chi connectivity index (χ1v) is 8.88. The third-order valence-corrected chi connectivity index (χ3v) is 4.08. The number of carbonyl (C=O) groups excluding carboxylic acids is 2. The Labute approximate surface area is 154 Å². The van der Waals surface area contributed by atoms with Gasteiger partial charge in [-0.25, -0.2) is 0 Å². The highest BCUT2D eigenvalue weighted by Crippen LogP contribution is 2.22. The van der Waals surface area contributed by atoms with Crippen molar-refractivity contribution in [3.05, 3.63) is 53.6 Å². The number of ether oxygens (including phenoxy) is 1. The van der Waals surface area contributed by atoms with Crippen LogP contribution in [0.25, 0.3) is 0 Å². The molecule has 0 aromatic heterocycles. The maximum absolute atomic E-state index is 12.2. The molecule has 5 heteroatoms. The highest BCUT2D eigenvalue weighted by molar-refractivity contribution is 5.99. The highest BCUT2D eigenvalue weighted by Gasteiger charge is 2.10. The number of nitrogens with one attached hydrogen (secondary N) is 2. The summed E-state index contributed by atoms with van der Waals surface area (Å²) in [6.45, 7) is 5.97. The van der Waals surface area contributed by atoms with Gasteiger partial charge >= 0.3 is 0 Å². The largest absolute Gasteiger partial charge is 0.484 e. The van der Waals surface area contributed by atoms with Crippen molar-refractivity contribution in [1.82, 2.24) is 0 Å². The summed E-state index contributed by atoms with van der Waals surface area (Å²) in [6, 6.07) is 12.9. The van der Waals surface area contributed by atoms with Crippen molar-refractivity contribution in [1.29, 1.82) is 0 Å². The Balaban J connectivity index is 1.93. The van der Waals surface area contributed by atoms with Gasteiger partial charge in [-0.1, -0.05) is 31.5 Å². The van der Waals surface area contributed by atoms with E-state index < -0.39 is 0 Å². The molecular weight excluding hydrogens is 328 g/mol. The Morgan fingerprint density at radius 3 is 2.19 bits per heavy atom. The minimum Gasteiger partial charge on any atom is -0.484 e. The van der Waals surface area contributed by atoms with Gasteiger partial charge in [-0.15, -0.1) is 0 Å². The van der Waals surface area contributed by atoms with Crippen molar-refractivity contribution in [3.63, 3.8) is 0 Å². The lowest BCUT2D eigenvalue weighted by atomic mass is 10.1. The maximum atomic E-state index is 12.2. The molecule has 0 spiro atoms. The average molecular weight is 354 g/mol. The minimum absolute atomic E-state index is 0.0556. The number of carbonyl (C=O) groups is 2. The summed E-state index contributed by atoms with van der Waals surface area (Å²) < 4.78 is 5.55. The molecule has 0 aliphatic carbocycles.